The predicted octanol–water partition coefficient (Wildman–Crippen LogP) is 3.54. The molecule has 0 heterocycles. The third-order valence-corrected chi connectivity index (χ3v) is 3.95. The van der Waals surface area contributed by atoms with Gasteiger partial charge in [-0.2, -0.15) is 0 Å². The summed E-state index contributed by atoms with van der Waals surface area (Å²) in [4.78, 5) is 0. The molecule has 0 saturated carbocycles. The summed E-state index contributed by atoms with van der Waals surface area (Å²) in [6, 6.07) is 11.6. The minimum Gasteiger partial charge on any atom is -0.491 e. The molecule has 1 atom stereocenters. The number of hydrogen-bond acceptors (Lipinski definition) is 3. The molecule has 0 saturated heterocycles. The summed E-state index contributed by atoms with van der Waals surface area (Å²) in [5.41, 5.74) is 1.30. The molecule has 0 aromatic heterocycles. The van der Waals surface area contributed by atoms with Crippen LogP contribution in [0.3, 0.4) is 0 Å². The van der Waals surface area contributed by atoms with Gasteiger partial charge in [-0.15, -0.1) is 0 Å². The molecule has 0 fully saturated rings. The topological polar surface area (TPSA) is 38.7 Å². The smallest absolute Gasteiger partial charge is 0.125 e. The fourth-order valence-electron chi connectivity index (χ4n) is 1.96. The Morgan fingerprint density at radius 3 is 2.62 bits per heavy atom. The number of benzene rings is 2. The Bertz CT molecular complexity index is 604. The lowest BCUT2D eigenvalue weighted by Crippen LogP contribution is -2.09. The molecular weight excluding hydrogens is 386 g/mol. The van der Waals surface area contributed by atoms with Gasteiger partial charge in [0.05, 0.1) is 6.61 Å². The first-order valence-corrected chi connectivity index (χ1v) is 7.55. The summed E-state index contributed by atoms with van der Waals surface area (Å²) in [5, 5.41) is 10.6. The molecule has 0 aliphatic rings. The zero-order valence-electron chi connectivity index (χ0n) is 11.6. The van der Waals surface area contributed by atoms with Gasteiger partial charge in [0.25, 0.3) is 0 Å². The van der Waals surface area contributed by atoms with Crippen molar-refractivity contribution in [3.05, 3.63) is 63.0 Å². The maximum atomic E-state index is 13.2. The molecule has 0 bridgehead atoms. The number of hydrogen-bond donors (Lipinski definition) is 1. The second-order valence-electron chi connectivity index (χ2n) is 4.45. The molecule has 0 aliphatic heterocycles. The highest BCUT2D eigenvalue weighted by Crippen LogP contribution is 2.32. The van der Waals surface area contributed by atoms with Crippen molar-refractivity contribution >= 4 is 22.6 Å². The standard InChI is InChI=1S/C16H16FIO3/c1-20-8-9-21-15-5-3-2-4-13(15)16(19)12-7-6-11(17)10-14(12)18/h2-7,10,16,19H,8-9H2,1H3. The number of aliphatic hydroxyl groups is 1. The normalized spacial score (nSPS) is 12.2. The molecule has 3 nitrogen and oxygen atoms in total. The van der Waals surface area contributed by atoms with Crippen LogP contribution in [-0.4, -0.2) is 25.4 Å². The zero-order chi connectivity index (χ0) is 15.2. The van der Waals surface area contributed by atoms with E-state index in [9.17, 15) is 9.50 Å². The Labute approximate surface area is 136 Å². The van der Waals surface area contributed by atoms with E-state index in [4.69, 9.17) is 9.47 Å². The van der Waals surface area contributed by atoms with E-state index in [0.29, 0.717) is 33.7 Å². The monoisotopic (exact) mass is 402 g/mol. The molecule has 2 rings (SSSR count). The maximum Gasteiger partial charge on any atom is 0.125 e. The molecular formula is C16H16FIO3. The fourth-order valence-corrected chi connectivity index (χ4v) is 2.74. The summed E-state index contributed by atoms with van der Waals surface area (Å²) < 4.78 is 24.4. The van der Waals surface area contributed by atoms with Gasteiger partial charge in [-0.3, -0.25) is 0 Å². The van der Waals surface area contributed by atoms with Crippen LogP contribution in [0.25, 0.3) is 0 Å². The first-order chi connectivity index (χ1) is 10.1. The second-order valence-corrected chi connectivity index (χ2v) is 5.61. The van der Waals surface area contributed by atoms with Crippen LogP contribution in [0, 0.1) is 9.39 Å². The van der Waals surface area contributed by atoms with Crippen molar-refractivity contribution in [1.29, 1.82) is 0 Å². The van der Waals surface area contributed by atoms with Crippen molar-refractivity contribution in [2.45, 2.75) is 6.10 Å². The number of halogens is 2. The molecule has 1 N–H and O–H groups in total. The minimum absolute atomic E-state index is 0.319. The highest BCUT2D eigenvalue weighted by atomic mass is 127. The van der Waals surface area contributed by atoms with Crippen molar-refractivity contribution in [2.24, 2.45) is 0 Å². The van der Waals surface area contributed by atoms with E-state index >= 15 is 0 Å². The SMILES string of the molecule is COCCOc1ccccc1C(O)c1ccc(F)cc1I. The molecule has 0 radical (unpaired) electrons. The van der Waals surface area contributed by atoms with E-state index in [1.54, 1.807) is 25.3 Å². The summed E-state index contributed by atoms with van der Waals surface area (Å²) in [7, 11) is 1.60. The van der Waals surface area contributed by atoms with Crippen LogP contribution in [0.5, 0.6) is 5.75 Å². The molecule has 1 unspecified atom stereocenters. The summed E-state index contributed by atoms with van der Waals surface area (Å²) in [6.07, 6.45) is -0.865. The zero-order valence-corrected chi connectivity index (χ0v) is 13.7. The lowest BCUT2D eigenvalue weighted by molar-refractivity contribution is 0.142. The van der Waals surface area contributed by atoms with Gasteiger partial charge < -0.3 is 14.6 Å². The average molecular weight is 402 g/mol. The lowest BCUT2D eigenvalue weighted by atomic mass is 10.0. The van der Waals surface area contributed by atoms with Crippen LogP contribution >= 0.6 is 22.6 Å². The number of aliphatic hydroxyl groups excluding tert-OH is 1. The minimum atomic E-state index is -0.865. The van der Waals surface area contributed by atoms with Crippen molar-refractivity contribution in [3.63, 3.8) is 0 Å². The number of rotatable bonds is 6. The van der Waals surface area contributed by atoms with Crippen molar-refractivity contribution in [1.82, 2.24) is 0 Å². The molecule has 5 heteroatoms. The Morgan fingerprint density at radius 1 is 1.14 bits per heavy atom. The predicted molar refractivity (Wildman–Crippen MR) is 87.0 cm³/mol. The summed E-state index contributed by atoms with van der Waals surface area (Å²) >= 11 is 2.01. The van der Waals surface area contributed by atoms with Crippen LogP contribution in [0.1, 0.15) is 17.2 Å². The van der Waals surface area contributed by atoms with E-state index < -0.39 is 6.10 Å². The van der Waals surface area contributed by atoms with Gasteiger partial charge in [0.15, 0.2) is 0 Å². The molecule has 0 amide bonds. The Balaban J connectivity index is 2.27. The van der Waals surface area contributed by atoms with Crippen LogP contribution in [0.2, 0.25) is 0 Å². The maximum absolute atomic E-state index is 13.2. The molecule has 2 aromatic carbocycles. The van der Waals surface area contributed by atoms with Gasteiger partial charge in [0, 0.05) is 16.2 Å². The van der Waals surface area contributed by atoms with Crippen LogP contribution in [0.15, 0.2) is 42.5 Å². The van der Waals surface area contributed by atoms with Gasteiger partial charge in [-0.05, 0) is 46.4 Å². The van der Waals surface area contributed by atoms with Crippen molar-refractivity contribution in [3.8, 4) is 5.75 Å². The van der Waals surface area contributed by atoms with Crippen LogP contribution < -0.4 is 4.74 Å². The Hall–Kier alpha value is -1.18. The van der Waals surface area contributed by atoms with E-state index in [2.05, 4.69) is 0 Å². The largest absolute Gasteiger partial charge is 0.491 e. The quantitative estimate of drug-likeness (QED) is 0.594. The third-order valence-electron chi connectivity index (χ3n) is 3.02. The van der Waals surface area contributed by atoms with Gasteiger partial charge >= 0.3 is 0 Å². The highest BCUT2D eigenvalue weighted by molar-refractivity contribution is 14.1. The summed E-state index contributed by atoms with van der Waals surface area (Å²) in [5.74, 6) is 0.280. The van der Waals surface area contributed by atoms with E-state index in [1.165, 1.54) is 12.1 Å². The fraction of sp³-hybridized carbons (Fsp3) is 0.250. The molecule has 0 aliphatic carbocycles. The second kappa shape index (κ2) is 7.72. The highest BCUT2D eigenvalue weighted by Gasteiger charge is 2.18. The van der Waals surface area contributed by atoms with Crippen LogP contribution in [0.4, 0.5) is 4.39 Å². The molecule has 112 valence electrons. The van der Waals surface area contributed by atoms with Crippen molar-refractivity contribution in [2.75, 3.05) is 20.3 Å². The van der Waals surface area contributed by atoms with Crippen LogP contribution in [-0.2, 0) is 4.74 Å². The molecule has 2 aromatic rings. The van der Waals surface area contributed by atoms with E-state index in [0.717, 1.165) is 0 Å². The molecule has 0 spiro atoms. The van der Waals surface area contributed by atoms with Gasteiger partial charge in [-0.1, -0.05) is 24.3 Å². The van der Waals surface area contributed by atoms with E-state index in [1.807, 2.05) is 34.7 Å². The Morgan fingerprint density at radius 2 is 1.90 bits per heavy atom. The lowest BCUT2D eigenvalue weighted by Gasteiger charge is -2.17. The number of para-hydroxylation sites is 1. The van der Waals surface area contributed by atoms with Gasteiger partial charge in [0.1, 0.15) is 24.3 Å². The van der Waals surface area contributed by atoms with Crippen molar-refractivity contribution < 1.29 is 19.0 Å². The van der Waals surface area contributed by atoms with Gasteiger partial charge in [-0.25, -0.2) is 4.39 Å². The first-order valence-electron chi connectivity index (χ1n) is 6.47. The number of methoxy groups -OCH3 is 1. The Kier molecular flexibility index (Phi) is 5.96. The first kappa shape index (κ1) is 16.2. The van der Waals surface area contributed by atoms with E-state index in [-0.39, 0.29) is 5.82 Å². The van der Waals surface area contributed by atoms with Gasteiger partial charge in [0.2, 0.25) is 0 Å². The molecule has 21 heavy (non-hydrogen) atoms. The average Bonchev–Trinajstić information content (AvgIpc) is 2.47. The number of ether oxygens (including phenoxy) is 2. The third kappa shape index (κ3) is 4.15. The summed E-state index contributed by atoms with van der Waals surface area (Å²) in [6.45, 7) is 0.874.